The van der Waals surface area contributed by atoms with Gasteiger partial charge < -0.3 is 16.4 Å². The number of benzene rings is 1. The molecule has 19 heavy (non-hydrogen) atoms. The SMILES string of the molecule is CC(C)CN(CC(N)=O)C(=O)c1cc(N)ccc1F. The molecule has 0 bridgehead atoms. The first-order valence-corrected chi connectivity index (χ1v) is 5.94. The van der Waals surface area contributed by atoms with E-state index in [1.165, 1.54) is 17.0 Å². The van der Waals surface area contributed by atoms with Crippen molar-refractivity contribution in [2.75, 3.05) is 18.8 Å². The van der Waals surface area contributed by atoms with Gasteiger partial charge in [0, 0.05) is 12.2 Å². The number of carbonyl (C=O) groups excluding carboxylic acids is 2. The molecule has 0 fully saturated rings. The van der Waals surface area contributed by atoms with Crippen LogP contribution < -0.4 is 11.5 Å². The van der Waals surface area contributed by atoms with Crippen LogP contribution in [0.4, 0.5) is 10.1 Å². The van der Waals surface area contributed by atoms with Gasteiger partial charge >= 0.3 is 0 Å². The second kappa shape index (κ2) is 6.17. The molecule has 0 unspecified atom stereocenters. The maximum absolute atomic E-state index is 13.6. The normalized spacial score (nSPS) is 10.5. The molecule has 104 valence electrons. The van der Waals surface area contributed by atoms with E-state index in [2.05, 4.69) is 0 Å². The van der Waals surface area contributed by atoms with Crippen LogP contribution in [0, 0.1) is 11.7 Å². The van der Waals surface area contributed by atoms with E-state index in [0.29, 0.717) is 6.54 Å². The van der Waals surface area contributed by atoms with Crippen LogP contribution in [0.2, 0.25) is 0 Å². The van der Waals surface area contributed by atoms with Crippen LogP contribution in [-0.2, 0) is 4.79 Å². The lowest BCUT2D eigenvalue weighted by Crippen LogP contribution is -2.40. The summed E-state index contributed by atoms with van der Waals surface area (Å²) in [6, 6.07) is 3.75. The number of rotatable bonds is 5. The molecule has 5 nitrogen and oxygen atoms in total. The second-order valence-corrected chi connectivity index (χ2v) is 4.79. The van der Waals surface area contributed by atoms with Crippen molar-refractivity contribution in [2.45, 2.75) is 13.8 Å². The third-order valence-corrected chi connectivity index (χ3v) is 2.44. The van der Waals surface area contributed by atoms with Crippen molar-refractivity contribution in [1.29, 1.82) is 0 Å². The van der Waals surface area contributed by atoms with Gasteiger partial charge in [-0.05, 0) is 24.1 Å². The Kier molecular flexibility index (Phi) is 4.86. The Morgan fingerprint density at radius 3 is 2.53 bits per heavy atom. The molecule has 0 radical (unpaired) electrons. The Balaban J connectivity index is 3.03. The molecule has 4 N–H and O–H groups in total. The zero-order chi connectivity index (χ0) is 14.6. The van der Waals surface area contributed by atoms with E-state index in [9.17, 15) is 14.0 Å². The van der Waals surface area contributed by atoms with Crippen LogP contribution >= 0.6 is 0 Å². The van der Waals surface area contributed by atoms with Crippen LogP contribution in [-0.4, -0.2) is 29.8 Å². The first-order chi connectivity index (χ1) is 8.81. The minimum atomic E-state index is -0.669. The molecule has 1 rings (SSSR count). The van der Waals surface area contributed by atoms with E-state index >= 15 is 0 Å². The highest BCUT2D eigenvalue weighted by molar-refractivity contribution is 5.97. The Morgan fingerprint density at radius 2 is 2.00 bits per heavy atom. The van der Waals surface area contributed by atoms with Crippen molar-refractivity contribution in [3.63, 3.8) is 0 Å². The average Bonchev–Trinajstić information content (AvgIpc) is 2.29. The Bertz CT molecular complexity index is 489. The second-order valence-electron chi connectivity index (χ2n) is 4.79. The molecule has 0 saturated heterocycles. The molecule has 6 heteroatoms. The van der Waals surface area contributed by atoms with Crippen molar-refractivity contribution in [3.05, 3.63) is 29.6 Å². The minimum absolute atomic E-state index is 0.132. The van der Waals surface area contributed by atoms with Crippen LogP contribution in [0.5, 0.6) is 0 Å². The number of hydrogen-bond donors (Lipinski definition) is 2. The first-order valence-electron chi connectivity index (χ1n) is 5.94. The summed E-state index contributed by atoms with van der Waals surface area (Å²) in [5.41, 5.74) is 10.8. The Morgan fingerprint density at radius 1 is 1.37 bits per heavy atom. The number of anilines is 1. The van der Waals surface area contributed by atoms with Crippen molar-refractivity contribution in [2.24, 2.45) is 11.7 Å². The fourth-order valence-corrected chi connectivity index (χ4v) is 1.73. The molecule has 1 aromatic rings. The van der Waals surface area contributed by atoms with Gasteiger partial charge in [-0.2, -0.15) is 0 Å². The van der Waals surface area contributed by atoms with Crippen molar-refractivity contribution >= 4 is 17.5 Å². The molecule has 2 amide bonds. The molecule has 0 aliphatic rings. The largest absolute Gasteiger partial charge is 0.399 e. The number of nitrogens with two attached hydrogens (primary N) is 2. The molecule has 0 heterocycles. The van der Waals surface area contributed by atoms with E-state index in [4.69, 9.17) is 11.5 Å². The predicted molar refractivity (Wildman–Crippen MR) is 70.7 cm³/mol. The maximum Gasteiger partial charge on any atom is 0.257 e. The van der Waals surface area contributed by atoms with Gasteiger partial charge in [0.2, 0.25) is 5.91 Å². The van der Waals surface area contributed by atoms with Gasteiger partial charge in [0.15, 0.2) is 0 Å². The Hall–Kier alpha value is -2.11. The van der Waals surface area contributed by atoms with Crippen molar-refractivity contribution in [1.82, 2.24) is 4.90 Å². The van der Waals surface area contributed by atoms with Crippen LogP contribution in [0.15, 0.2) is 18.2 Å². The summed E-state index contributed by atoms with van der Waals surface area (Å²) in [4.78, 5) is 24.4. The van der Waals surface area contributed by atoms with Gasteiger partial charge in [-0.1, -0.05) is 13.8 Å². The highest BCUT2D eigenvalue weighted by Crippen LogP contribution is 2.15. The predicted octanol–water partition coefficient (Wildman–Crippen LogP) is 0.991. The monoisotopic (exact) mass is 267 g/mol. The molecular weight excluding hydrogens is 249 g/mol. The van der Waals surface area contributed by atoms with Gasteiger partial charge in [-0.3, -0.25) is 9.59 Å². The van der Waals surface area contributed by atoms with Gasteiger partial charge in [-0.25, -0.2) is 4.39 Å². The molecule has 0 aromatic heterocycles. The molecule has 0 aliphatic heterocycles. The van der Waals surface area contributed by atoms with Gasteiger partial charge in [0.05, 0.1) is 12.1 Å². The van der Waals surface area contributed by atoms with Crippen molar-refractivity contribution < 1.29 is 14.0 Å². The third kappa shape index (κ3) is 4.24. The lowest BCUT2D eigenvalue weighted by molar-refractivity contribution is -0.118. The lowest BCUT2D eigenvalue weighted by Gasteiger charge is -2.23. The minimum Gasteiger partial charge on any atom is -0.399 e. The van der Waals surface area contributed by atoms with Crippen LogP contribution in [0.3, 0.4) is 0 Å². The summed E-state index contributed by atoms with van der Waals surface area (Å²) in [5.74, 6) is -1.76. The summed E-state index contributed by atoms with van der Waals surface area (Å²) in [6.07, 6.45) is 0. The highest BCUT2D eigenvalue weighted by atomic mass is 19.1. The quantitative estimate of drug-likeness (QED) is 0.780. The fourth-order valence-electron chi connectivity index (χ4n) is 1.73. The van der Waals surface area contributed by atoms with Gasteiger partial charge in [0.1, 0.15) is 5.82 Å². The topological polar surface area (TPSA) is 89.4 Å². The van der Waals surface area contributed by atoms with Crippen LogP contribution in [0.25, 0.3) is 0 Å². The molecule has 0 saturated carbocycles. The number of nitrogen functional groups attached to an aromatic ring is 1. The molecule has 0 atom stereocenters. The number of hydrogen-bond acceptors (Lipinski definition) is 3. The summed E-state index contributed by atoms with van der Waals surface area (Å²) in [6.45, 7) is 3.84. The van der Waals surface area contributed by atoms with Gasteiger partial charge in [0.25, 0.3) is 5.91 Å². The number of amides is 2. The maximum atomic E-state index is 13.6. The third-order valence-electron chi connectivity index (χ3n) is 2.44. The van der Waals surface area contributed by atoms with E-state index in [1.54, 1.807) is 0 Å². The fraction of sp³-hybridized carbons (Fsp3) is 0.385. The standard InChI is InChI=1S/C13H18FN3O2/c1-8(2)6-17(7-12(16)18)13(19)10-5-9(15)3-4-11(10)14/h3-5,8H,6-7,15H2,1-2H3,(H2,16,18). The summed E-state index contributed by atoms with van der Waals surface area (Å²) in [7, 11) is 0. The summed E-state index contributed by atoms with van der Waals surface area (Å²) in [5, 5.41) is 0. The van der Waals surface area contributed by atoms with E-state index in [0.717, 1.165) is 6.07 Å². The molecule has 0 aliphatic carbocycles. The lowest BCUT2D eigenvalue weighted by atomic mass is 10.1. The molecule has 0 spiro atoms. The van der Waals surface area contributed by atoms with Gasteiger partial charge in [-0.15, -0.1) is 0 Å². The number of primary amides is 1. The molecular formula is C13H18FN3O2. The first kappa shape index (κ1) is 14.9. The summed E-state index contributed by atoms with van der Waals surface area (Å²) < 4.78 is 13.6. The zero-order valence-electron chi connectivity index (χ0n) is 11.0. The van der Waals surface area contributed by atoms with E-state index in [-0.39, 0.29) is 23.7 Å². The highest BCUT2D eigenvalue weighted by Gasteiger charge is 2.21. The average molecular weight is 267 g/mol. The number of carbonyl (C=O) groups is 2. The van der Waals surface area contributed by atoms with Crippen LogP contribution in [0.1, 0.15) is 24.2 Å². The van der Waals surface area contributed by atoms with Crippen molar-refractivity contribution in [3.8, 4) is 0 Å². The number of nitrogens with zero attached hydrogens (tertiary/aromatic N) is 1. The number of halogens is 1. The molecule has 1 aromatic carbocycles. The van der Waals surface area contributed by atoms with E-state index in [1.807, 2.05) is 13.8 Å². The smallest absolute Gasteiger partial charge is 0.257 e. The summed E-state index contributed by atoms with van der Waals surface area (Å²) >= 11 is 0. The van der Waals surface area contributed by atoms with E-state index < -0.39 is 17.6 Å². The zero-order valence-corrected chi connectivity index (χ0v) is 11.0. The Labute approximate surface area is 111 Å².